The zero-order chi connectivity index (χ0) is 22.1. The summed E-state index contributed by atoms with van der Waals surface area (Å²) in [7, 11) is 0. The van der Waals surface area contributed by atoms with Crippen molar-refractivity contribution in [3.63, 3.8) is 0 Å². The molecule has 1 N–H and O–H groups in total. The number of nitrogens with one attached hydrogen (secondary N) is 1. The summed E-state index contributed by atoms with van der Waals surface area (Å²) in [5.74, 6) is -0.127. The SMILES string of the molecule is CCCCNC(=O)C(C)N(Cc1ccc(C)cc1)C(=O)COc1ccc(Cl)cc1Cl. The third-order valence-electron chi connectivity index (χ3n) is 4.72. The highest BCUT2D eigenvalue weighted by Gasteiger charge is 2.26. The van der Waals surface area contributed by atoms with Crippen molar-refractivity contribution in [2.75, 3.05) is 13.2 Å². The number of amides is 2. The molecule has 1 unspecified atom stereocenters. The predicted octanol–water partition coefficient (Wildman–Crippen LogP) is 5.01. The first-order valence-corrected chi connectivity index (χ1v) is 10.8. The number of rotatable bonds is 10. The number of benzene rings is 2. The van der Waals surface area contributed by atoms with E-state index in [-0.39, 0.29) is 18.4 Å². The van der Waals surface area contributed by atoms with E-state index in [1.807, 2.05) is 31.2 Å². The first-order chi connectivity index (χ1) is 14.3. The van der Waals surface area contributed by atoms with Gasteiger partial charge in [-0.2, -0.15) is 0 Å². The third-order valence-corrected chi connectivity index (χ3v) is 5.25. The van der Waals surface area contributed by atoms with Crippen LogP contribution in [0.15, 0.2) is 42.5 Å². The van der Waals surface area contributed by atoms with Gasteiger partial charge in [0.15, 0.2) is 6.61 Å². The van der Waals surface area contributed by atoms with Gasteiger partial charge in [-0.25, -0.2) is 0 Å². The zero-order valence-corrected chi connectivity index (χ0v) is 19.1. The van der Waals surface area contributed by atoms with Crippen LogP contribution in [0.1, 0.15) is 37.8 Å². The molecular formula is C23H28Cl2N2O3. The van der Waals surface area contributed by atoms with E-state index in [2.05, 4.69) is 12.2 Å². The van der Waals surface area contributed by atoms with E-state index in [1.54, 1.807) is 25.1 Å². The summed E-state index contributed by atoms with van der Waals surface area (Å²) in [6.07, 6.45) is 1.87. The Morgan fingerprint density at radius 1 is 1.13 bits per heavy atom. The molecule has 0 aliphatic heterocycles. The summed E-state index contributed by atoms with van der Waals surface area (Å²) in [4.78, 5) is 27.1. The van der Waals surface area contributed by atoms with Crippen molar-refractivity contribution in [2.45, 2.75) is 46.2 Å². The normalized spacial score (nSPS) is 11.6. The number of unbranched alkanes of at least 4 members (excludes halogenated alkanes) is 1. The summed E-state index contributed by atoms with van der Waals surface area (Å²) in [5.41, 5.74) is 2.06. The van der Waals surface area contributed by atoms with Gasteiger partial charge in [0.1, 0.15) is 11.8 Å². The highest BCUT2D eigenvalue weighted by atomic mass is 35.5. The highest BCUT2D eigenvalue weighted by Crippen LogP contribution is 2.27. The molecule has 7 heteroatoms. The van der Waals surface area contributed by atoms with Crippen molar-refractivity contribution in [3.05, 3.63) is 63.6 Å². The average Bonchev–Trinajstić information content (AvgIpc) is 2.72. The van der Waals surface area contributed by atoms with Gasteiger partial charge in [0.2, 0.25) is 5.91 Å². The molecule has 2 amide bonds. The van der Waals surface area contributed by atoms with Crippen molar-refractivity contribution in [2.24, 2.45) is 0 Å². The molecule has 0 bridgehead atoms. The number of ether oxygens (including phenoxy) is 1. The maximum atomic E-state index is 13.0. The van der Waals surface area contributed by atoms with Crippen molar-refractivity contribution >= 4 is 35.0 Å². The first-order valence-electron chi connectivity index (χ1n) is 10.0. The van der Waals surface area contributed by atoms with Crippen LogP contribution in [0.5, 0.6) is 5.75 Å². The van der Waals surface area contributed by atoms with Crippen molar-refractivity contribution in [1.82, 2.24) is 10.2 Å². The molecule has 2 rings (SSSR count). The van der Waals surface area contributed by atoms with Gasteiger partial charge in [0.05, 0.1) is 5.02 Å². The number of nitrogens with zero attached hydrogens (tertiary/aromatic N) is 1. The number of aryl methyl sites for hydroxylation is 1. The second-order valence-electron chi connectivity index (χ2n) is 7.19. The summed E-state index contributed by atoms with van der Waals surface area (Å²) in [5, 5.41) is 3.70. The lowest BCUT2D eigenvalue weighted by Crippen LogP contribution is -2.49. The van der Waals surface area contributed by atoms with Gasteiger partial charge in [0.25, 0.3) is 5.91 Å². The summed E-state index contributed by atoms with van der Waals surface area (Å²) >= 11 is 12.0. The Labute approximate surface area is 188 Å². The predicted molar refractivity (Wildman–Crippen MR) is 121 cm³/mol. The van der Waals surface area contributed by atoms with E-state index in [4.69, 9.17) is 27.9 Å². The van der Waals surface area contributed by atoms with Crippen LogP contribution in [0.25, 0.3) is 0 Å². The Hall–Kier alpha value is -2.24. The Kier molecular flexibility index (Phi) is 9.47. The molecule has 0 radical (unpaired) electrons. The molecule has 0 aliphatic carbocycles. The Bertz CT molecular complexity index is 856. The molecule has 162 valence electrons. The lowest BCUT2D eigenvalue weighted by molar-refractivity contribution is -0.142. The summed E-state index contributed by atoms with van der Waals surface area (Å²) in [6.45, 7) is 6.44. The second kappa shape index (κ2) is 11.8. The molecule has 30 heavy (non-hydrogen) atoms. The van der Waals surface area contributed by atoms with Crippen LogP contribution in [0.4, 0.5) is 0 Å². The monoisotopic (exact) mass is 450 g/mol. The minimum Gasteiger partial charge on any atom is -0.482 e. The Balaban J connectivity index is 2.12. The van der Waals surface area contributed by atoms with E-state index in [0.717, 1.165) is 24.0 Å². The molecule has 2 aromatic rings. The molecule has 0 saturated heterocycles. The molecule has 0 aromatic heterocycles. The fraction of sp³-hybridized carbons (Fsp3) is 0.391. The lowest BCUT2D eigenvalue weighted by Gasteiger charge is -2.29. The van der Waals surface area contributed by atoms with Crippen LogP contribution >= 0.6 is 23.2 Å². The Morgan fingerprint density at radius 2 is 1.83 bits per heavy atom. The van der Waals surface area contributed by atoms with Crippen LogP contribution in [0, 0.1) is 6.92 Å². The maximum absolute atomic E-state index is 13.0. The third kappa shape index (κ3) is 7.22. The number of halogens is 2. The number of carbonyl (C=O) groups excluding carboxylic acids is 2. The number of hydrogen-bond acceptors (Lipinski definition) is 3. The molecule has 2 aromatic carbocycles. The molecule has 5 nitrogen and oxygen atoms in total. The highest BCUT2D eigenvalue weighted by molar-refractivity contribution is 6.35. The van der Waals surface area contributed by atoms with Gasteiger partial charge in [0, 0.05) is 18.1 Å². The minimum atomic E-state index is -0.639. The van der Waals surface area contributed by atoms with E-state index in [0.29, 0.717) is 28.9 Å². The second-order valence-corrected chi connectivity index (χ2v) is 8.03. The maximum Gasteiger partial charge on any atom is 0.261 e. The fourth-order valence-electron chi connectivity index (χ4n) is 2.82. The van der Waals surface area contributed by atoms with E-state index < -0.39 is 6.04 Å². The molecule has 0 saturated carbocycles. The van der Waals surface area contributed by atoms with Gasteiger partial charge in [-0.15, -0.1) is 0 Å². The topological polar surface area (TPSA) is 58.6 Å². The van der Waals surface area contributed by atoms with Gasteiger partial charge in [-0.1, -0.05) is 66.4 Å². The summed E-state index contributed by atoms with van der Waals surface area (Å²) in [6, 6.07) is 12.0. The van der Waals surface area contributed by atoms with Gasteiger partial charge >= 0.3 is 0 Å². The van der Waals surface area contributed by atoms with Gasteiger partial charge in [-0.05, 0) is 44.0 Å². The first kappa shape index (κ1) is 24.0. The van der Waals surface area contributed by atoms with E-state index in [9.17, 15) is 9.59 Å². The van der Waals surface area contributed by atoms with Gasteiger partial charge < -0.3 is 15.0 Å². The van der Waals surface area contributed by atoms with Crippen LogP contribution in [0.2, 0.25) is 10.0 Å². The molecule has 0 fully saturated rings. The number of hydrogen-bond donors (Lipinski definition) is 1. The van der Waals surface area contributed by atoms with Crippen LogP contribution in [-0.4, -0.2) is 35.9 Å². The number of carbonyl (C=O) groups is 2. The Morgan fingerprint density at radius 3 is 2.47 bits per heavy atom. The molecule has 0 spiro atoms. The zero-order valence-electron chi connectivity index (χ0n) is 17.6. The van der Waals surface area contributed by atoms with E-state index in [1.165, 1.54) is 4.90 Å². The molecular weight excluding hydrogens is 423 g/mol. The lowest BCUT2D eigenvalue weighted by atomic mass is 10.1. The van der Waals surface area contributed by atoms with Gasteiger partial charge in [-0.3, -0.25) is 9.59 Å². The standard InChI is InChI=1S/C23H28Cl2N2O3/c1-4-5-12-26-23(29)17(3)27(14-18-8-6-16(2)7-9-18)22(28)15-30-21-11-10-19(24)13-20(21)25/h6-11,13,17H,4-5,12,14-15H2,1-3H3,(H,26,29). The molecule has 0 aliphatic rings. The van der Waals surface area contributed by atoms with Crippen LogP contribution in [-0.2, 0) is 16.1 Å². The minimum absolute atomic E-state index is 0.187. The van der Waals surface area contributed by atoms with E-state index >= 15 is 0 Å². The average molecular weight is 451 g/mol. The quantitative estimate of drug-likeness (QED) is 0.517. The molecule has 0 heterocycles. The van der Waals surface area contributed by atoms with Crippen molar-refractivity contribution in [3.8, 4) is 5.75 Å². The smallest absolute Gasteiger partial charge is 0.261 e. The van der Waals surface area contributed by atoms with Crippen LogP contribution in [0.3, 0.4) is 0 Å². The summed E-state index contributed by atoms with van der Waals surface area (Å²) < 4.78 is 5.61. The van der Waals surface area contributed by atoms with Crippen molar-refractivity contribution in [1.29, 1.82) is 0 Å². The van der Waals surface area contributed by atoms with Crippen molar-refractivity contribution < 1.29 is 14.3 Å². The fourth-order valence-corrected chi connectivity index (χ4v) is 3.29. The van der Waals surface area contributed by atoms with Crippen LogP contribution < -0.4 is 10.1 Å². The largest absolute Gasteiger partial charge is 0.482 e. The molecule has 1 atom stereocenters.